The van der Waals surface area contributed by atoms with Crippen molar-refractivity contribution in [3.63, 3.8) is 0 Å². The van der Waals surface area contributed by atoms with Crippen LogP contribution in [0.1, 0.15) is 46.0 Å². The van der Waals surface area contributed by atoms with E-state index in [1.165, 1.54) is 11.1 Å². The third-order valence-electron chi connectivity index (χ3n) is 6.90. The minimum absolute atomic E-state index is 0. The molecule has 2 N–H and O–H groups in total. The molecule has 202 valence electrons. The maximum Gasteiger partial charge on any atom is 0.256 e. The fourth-order valence-electron chi connectivity index (χ4n) is 4.71. The number of aryl methyl sites for hydroxylation is 2. The van der Waals surface area contributed by atoms with Crippen LogP contribution in [0.2, 0.25) is 0 Å². The van der Waals surface area contributed by atoms with Gasteiger partial charge in [0.25, 0.3) is 5.91 Å². The van der Waals surface area contributed by atoms with Crippen molar-refractivity contribution in [1.29, 1.82) is 0 Å². The summed E-state index contributed by atoms with van der Waals surface area (Å²) in [6.45, 7) is 7.30. The van der Waals surface area contributed by atoms with Crippen LogP contribution in [0.3, 0.4) is 0 Å². The molecule has 2 aliphatic rings. The molecule has 0 radical (unpaired) electrons. The second kappa shape index (κ2) is 13.8. The van der Waals surface area contributed by atoms with Crippen molar-refractivity contribution in [3.8, 4) is 0 Å². The molecule has 0 fully saturated rings. The fraction of sp³-hybridized carbons (Fsp3) is 0.444. The van der Waals surface area contributed by atoms with Gasteiger partial charge in [0, 0.05) is 50.9 Å². The summed E-state index contributed by atoms with van der Waals surface area (Å²) in [6.07, 6.45) is 1.29. The lowest BCUT2D eigenvalue weighted by Crippen LogP contribution is -2.49. The highest BCUT2D eigenvalue weighted by molar-refractivity contribution is 6.01. The number of benzene rings is 2. The van der Waals surface area contributed by atoms with E-state index in [1.807, 2.05) is 43.1 Å². The average molecular weight is 551 g/mol. The van der Waals surface area contributed by atoms with Gasteiger partial charge in [-0.15, -0.1) is 24.8 Å². The van der Waals surface area contributed by atoms with Crippen molar-refractivity contribution in [2.45, 2.75) is 39.8 Å². The fourth-order valence-corrected chi connectivity index (χ4v) is 4.71. The first kappa shape index (κ1) is 30.6. The number of nitrogens with zero attached hydrogens (tertiary/aromatic N) is 3. The van der Waals surface area contributed by atoms with Crippen LogP contribution in [-0.4, -0.2) is 72.3 Å². The Balaban J connectivity index is 0.00000241. The van der Waals surface area contributed by atoms with E-state index in [-0.39, 0.29) is 55.5 Å². The molecule has 10 heteroatoms. The van der Waals surface area contributed by atoms with E-state index >= 15 is 0 Å². The first-order valence-corrected chi connectivity index (χ1v) is 12.3. The Kier molecular flexibility index (Phi) is 11.4. The zero-order chi connectivity index (χ0) is 24.9. The van der Waals surface area contributed by atoms with Gasteiger partial charge in [-0.1, -0.05) is 31.2 Å². The highest BCUT2D eigenvalue weighted by atomic mass is 35.5. The van der Waals surface area contributed by atoms with Crippen LogP contribution < -0.4 is 10.6 Å². The second-order valence-electron chi connectivity index (χ2n) is 9.28. The molecule has 0 spiro atoms. The number of hydrazine groups is 1. The van der Waals surface area contributed by atoms with Crippen LogP contribution in [0.25, 0.3) is 0 Å². The van der Waals surface area contributed by atoms with Crippen LogP contribution >= 0.6 is 24.8 Å². The van der Waals surface area contributed by atoms with Gasteiger partial charge >= 0.3 is 0 Å². The quantitative estimate of drug-likeness (QED) is 0.442. The molecule has 1 aliphatic heterocycles. The smallest absolute Gasteiger partial charge is 0.256 e. The number of fused-ring (bicyclic) bond motifs is 2. The number of ketones is 1. The summed E-state index contributed by atoms with van der Waals surface area (Å²) >= 11 is 0. The number of carbonyl (C=O) groups excluding carboxylic acids is 3. The number of likely N-dealkylation sites (N-methyl/N-ethyl adjacent to an activating group) is 2. The van der Waals surface area contributed by atoms with Crippen LogP contribution in [0, 0.1) is 6.92 Å². The van der Waals surface area contributed by atoms with Gasteiger partial charge in [-0.2, -0.15) is 0 Å². The molecule has 2 aromatic rings. The van der Waals surface area contributed by atoms with E-state index in [0.29, 0.717) is 32.6 Å². The van der Waals surface area contributed by atoms with E-state index in [2.05, 4.69) is 22.8 Å². The zero-order valence-corrected chi connectivity index (χ0v) is 23.3. The van der Waals surface area contributed by atoms with Gasteiger partial charge < -0.3 is 15.5 Å². The third-order valence-corrected chi connectivity index (χ3v) is 6.90. The summed E-state index contributed by atoms with van der Waals surface area (Å²) in [6, 6.07) is 12.1. The van der Waals surface area contributed by atoms with Crippen LogP contribution in [-0.2, 0) is 29.1 Å². The molecule has 1 aliphatic carbocycles. The predicted molar refractivity (Wildman–Crippen MR) is 150 cm³/mol. The Labute approximate surface area is 231 Å². The number of halogens is 2. The number of Topliss-reactive ketones (excluding diaryl/α,β-unsaturated/α-hetero) is 1. The van der Waals surface area contributed by atoms with E-state index < -0.39 is 0 Å². The molecule has 8 nitrogen and oxygen atoms in total. The largest absolute Gasteiger partial charge is 0.376 e. The molecule has 37 heavy (non-hydrogen) atoms. The lowest BCUT2D eigenvalue weighted by Gasteiger charge is -2.31. The van der Waals surface area contributed by atoms with E-state index in [1.54, 1.807) is 17.0 Å². The molecule has 2 aromatic carbocycles. The molecule has 2 amide bonds. The summed E-state index contributed by atoms with van der Waals surface area (Å²) in [5.74, 6) is -0.0655. The molecular weight excluding hydrogens is 513 g/mol. The molecule has 0 saturated heterocycles. The second-order valence-corrected chi connectivity index (χ2v) is 9.28. The summed E-state index contributed by atoms with van der Waals surface area (Å²) in [5, 5.41) is 10.1. The number of rotatable bonds is 10. The maximum atomic E-state index is 13.2. The van der Waals surface area contributed by atoms with E-state index in [0.717, 1.165) is 35.3 Å². The first-order valence-electron chi connectivity index (χ1n) is 12.3. The van der Waals surface area contributed by atoms with Crippen molar-refractivity contribution in [1.82, 2.24) is 20.2 Å². The monoisotopic (exact) mass is 549 g/mol. The Morgan fingerprint density at radius 1 is 1.00 bits per heavy atom. The van der Waals surface area contributed by atoms with Crippen molar-refractivity contribution in [2.75, 3.05) is 45.1 Å². The summed E-state index contributed by atoms with van der Waals surface area (Å²) in [4.78, 5) is 39.9. The summed E-state index contributed by atoms with van der Waals surface area (Å²) in [7, 11) is 1.77. The molecule has 0 saturated carbocycles. The number of hydrogen-bond donors (Lipinski definition) is 2. The number of anilines is 1. The van der Waals surface area contributed by atoms with E-state index in [9.17, 15) is 14.4 Å². The molecule has 0 aromatic heterocycles. The SMILES string of the molecule is CCNCCN(CC(=O)N(C)N1Cc2ccccc2C1)C(=O)CNc1cc2c(cc1C)C(=O)CC2.Cl.Cl. The molecule has 0 atom stereocenters. The Morgan fingerprint density at radius 3 is 2.32 bits per heavy atom. The number of nitrogens with one attached hydrogen (secondary N) is 2. The first-order chi connectivity index (χ1) is 16.9. The van der Waals surface area contributed by atoms with Gasteiger partial charge in [-0.25, -0.2) is 5.01 Å². The Morgan fingerprint density at radius 2 is 1.68 bits per heavy atom. The predicted octanol–water partition coefficient (Wildman–Crippen LogP) is 3.21. The average Bonchev–Trinajstić information content (AvgIpc) is 3.44. The number of hydrogen-bond acceptors (Lipinski definition) is 6. The normalized spacial score (nSPS) is 13.8. The van der Waals surface area contributed by atoms with Crippen LogP contribution in [0.4, 0.5) is 5.69 Å². The molecular formula is C27H37Cl2N5O3. The lowest BCUT2D eigenvalue weighted by molar-refractivity contribution is -0.151. The third kappa shape index (κ3) is 7.23. The standard InChI is InChI=1S/C27H35N5O3.2ClH/c1-4-28-11-12-31(18-27(35)30(3)32-16-21-7-5-6-8-22(21)17-32)26(34)15-29-24-14-20-9-10-25(33)23(20)13-19(24)2;;/h5-8,13-14,28-29H,4,9-12,15-18H2,1-3H3;2*1H. The summed E-state index contributed by atoms with van der Waals surface area (Å²) in [5.41, 5.74) is 6.07. The summed E-state index contributed by atoms with van der Waals surface area (Å²) < 4.78 is 0. The maximum absolute atomic E-state index is 13.2. The molecule has 0 unspecified atom stereocenters. The van der Waals surface area contributed by atoms with Gasteiger partial charge in [-0.3, -0.25) is 19.4 Å². The minimum atomic E-state index is -0.134. The van der Waals surface area contributed by atoms with Crippen molar-refractivity contribution in [3.05, 3.63) is 64.2 Å². The topological polar surface area (TPSA) is 85.0 Å². The number of carbonyl (C=O) groups is 3. The van der Waals surface area contributed by atoms with Crippen molar-refractivity contribution < 1.29 is 14.4 Å². The molecule has 4 rings (SSSR count). The molecule has 0 bridgehead atoms. The van der Waals surface area contributed by atoms with Crippen molar-refractivity contribution in [2.24, 2.45) is 0 Å². The van der Waals surface area contributed by atoms with Gasteiger partial charge in [0.15, 0.2) is 5.78 Å². The lowest BCUT2D eigenvalue weighted by atomic mass is 10.0. The van der Waals surface area contributed by atoms with Crippen molar-refractivity contribution >= 4 is 48.1 Å². The van der Waals surface area contributed by atoms with Gasteiger partial charge in [-0.05, 0) is 54.3 Å². The Bertz CT molecular complexity index is 1100. The molecule has 1 heterocycles. The zero-order valence-electron chi connectivity index (χ0n) is 21.7. The van der Waals surface area contributed by atoms with Crippen LogP contribution in [0.5, 0.6) is 0 Å². The van der Waals surface area contributed by atoms with E-state index in [4.69, 9.17) is 0 Å². The highest BCUT2D eigenvalue weighted by Crippen LogP contribution is 2.28. The number of amides is 2. The van der Waals surface area contributed by atoms with Crippen LogP contribution in [0.15, 0.2) is 36.4 Å². The van der Waals surface area contributed by atoms with Gasteiger partial charge in [0.2, 0.25) is 5.91 Å². The van der Waals surface area contributed by atoms with Gasteiger partial charge in [0.05, 0.1) is 6.54 Å². The van der Waals surface area contributed by atoms with Gasteiger partial charge in [0.1, 0.15) is 6.54 Å². The highest BCUT2D eigenvalue weighted by Gasteiger charge is 2.27. The minimum Gasteiger partial charge on any atom is -0.376 e. The Hall–Kier alpha value is -2.65.